The molecule has 102 valence electrons. The summed E-state index contributed by atoms with van der Waals surface area (Å²) >= 11 is 6.82. The van der Waals surface area contributed by atoms with Gasteiger partial charge in [-0.1, -0.05) is 68.3 Å². The van der Waals surface area contributed by atoms with Gasteiger partial charge in [0.05, 0.1) is 10.9 Å². The summed E-state index contributed by atoms with van der Waals surface area (Å²) in [6, 6.07) is 13.9. The minimum Gasteiger partial charge on any atom is -0.275 e. The lowest BCUT2D eigenvalue weighted by atomic mass is 10.1. The molecule has 21 heavy (non-hydrogen) atoms. The predicted octanol–water partition coefficient (Wildman–Crippen LogP) is 3.31. The summed E-state index contributed by atoms with van der Waals surface area (Å²) in [7, 11) is 0. The highest BCUT2D eigenvalue weighted by Gasteiger charge is 2.14. The molecule has 0 unspecified atom stereocenters. The molecule has 0 atom stereocenters. The Kier molecular flexibility index (Phi) is 2.91. The monoisotopic (exact) mass is 401 g/mol. The highest BCUT2D eigenvalue weighted by molar-refractivity contribution is 9.14. The minimum absolute atomic E-state index is 0.0144. The van der Waals surface area contributed by atoms with Crippen LogP contribution in [0.2, 0.25) is 0 Å². The minimum atomic E-state index is 0.0144. The van der Waals surface area contributed by atoms with Crippen molar-refractivity contribution >= 4 is 68.9 Å². The Balaban J connectivity index is 2.60. The molecule has 0 amide bonds. The summed E-state index contributed by atoms with van der Waals surface area (Å²) in [5.41, 5.74) is 0.984. The van der Waals surface area contributed by atoms with E-state index in [1.807, 2.05) is 41.4 Å². The Morgan fingerprint density at radius 2 is 1.48 bits per heavy atom. The van der Waals surface area contributed by atoms with Crippen LogP contribution in [0.25, 0.3) is 37.0 Å². The molecular formula is C17H9Br2NO. The van der Waals surface area contributed by atoms with Gasteiger partial charge in [-0.15, -0.1) is 0 Å². The van der Waals surface area contributed by atoms with Gasteiger partial charge in [-0.05, 0) is 16.4 Å². The second-order valence-electron chi connectivity index (χ2n) is 4.91. The maximum atomic E-state index is 12.9. The average Bonchev–Trinajstić information content (AvgIpc) is 2.87. The third-order valence-electron chi connectivity index (χ3n) is 3.93. The van der Waals surface area contributed by atoms with Crippen molar-refractivity contribution in [2.75, 3.05) is 0 Å². The summed E-state index contributed by atoms with van der Waals surface area (Å²) in [5, 5.41) is 5.76. The molecule has 0 radical (unpaired) electrons. The van der Waals surface area contributed by atoms with E-state index in [9.17, 15) is 4.79 Å². The Labute approximate surface area is 136 Å². The van der Waals surface area contributed by atoms with Crippen molar-refractivity contribution in [2.45, 2.75) is 0 Å². The molecule has 0 saturated carbocycles. The normalized spacial score (nSPS) is 14.0. The first-order valence-corrected chi connectivity index (χ1v) is 8.29. The Bertz CT molecular complexity index is 1170. The first-order valence-electron chi connectivity index (χ1n) is 6.46. The van der Waals surface area contributed by atoms with Gasteiger partial charge >= 0.3 is 0 Å². The lowest BCUT2D eigenvalue weighted by molar-refractivity contribution is 1.10. The molecule has 4 aromatic rings. The van der Waals surface area contributed by atoms with Crippen LogP contribution in [0.5, 0.6) is 0 Å². The van der Waals surface area contributed by atoms with Crippen LogP contribution < -0.4 is 16.1 Å². The zero-order valence-electron chi connectivity index (χ0n) is 10.8. The van der Waals surface area contributed by atoms with E-state index in [4.69, 9.17) is 0 Å². The van der Waals surface area contributed by atoms with E-state index in [1.54, 1.807) is 9.39 Å². The molecule has 4 heteroatoms. The zero-order valence-corrected chi connectivity index (χ0v) is 14.0. The van der Waals surface area contributed by atoms with Gasteiger partial charge in [0.15, 0.2) is 0 Å². The van der Waals surface area contributed by atoms with E-state index >= 15 is 0 Å². The second-order valence-corrected chi connectivity index (χ2v) is 5.82. The Morgan fingerprint density at radius 1 is 0.810 bits per heavy atom. The van der Waals surface area contributed by atoms with Gasteiger partial charge in [0.2, 0.25) is 0 Å². The lowest BCUT2D eigenvalue weighted by Gasteiger charge is -2.05. The number of rotatable bonds is 0. The van der Waals surface area contributed by atoms with Crippen LogP contribution in [0.15, 0.2) is 47.3 Å². The van der Waals surface area contributed by atoms with E-state index in [0.29, 0.717) is 0 Å². The molecule has 0 saturated heterocycles. The molecule has 0 bridgehead atoms. The van der Waals surface area contributed by atoms with Gasteiger partial charge in [-0.2, -0.15) is 0 Å². The number of pyridine rings is 1. The van der Waals surface area contributed by atoms with Crippen LogP contribution >= 0.6 is 31.9 Å². The zero-order chi connectivity index (χ0) is 14.6. The molecule has 0 aliphatic heterocycles. The maximum Gasteiger partial charge on any atom is 0.263 e. The van der Waals surface area contributed by atoms with Crippen molar-refractivity contribution in [3.63, 3.8) is 0 Å². The molecule has 2 nitrogen and oxygen atoms in total. The van der Waals surface area contributed by atoms with Crippen molar-refractivity contribution in [3.05, 3.63) is 63.4 Å². The largest absolute Gasteiger partial charge is 0.275 e. The number of aromatic nitrogens is 1. The van der Waals surface area contributed by atoms with Gasteiger partial charge in [-0.25, -0.2) is 0 Å². The number of nitrogens with zero attached hydrogens (tertiary/aromatic N) is 1. The van der Waals surface area contributed by atoms with Crippen molar-refractivity contribution in [1.29, 1.82) is 0 Å². The molecular weight excluding hydrogens is 394 g/mol. The van der Waals surface area contributed by atoms with Gasteiger partial charge in [0, 0.05) is 26.4 Å². The summed E-state index contributed by atoms with van der Waals surface area (Å²) < 4.78 is 1.79. The number of hydrogen-bond acceptors (Lipinski definition) is 1. The summed E-state index contributed by atoms with van der Waals surface area (Å²) in [5.74, 6) is 0. The highest BCUT2D eigenvalue weighted by Crippen LogP contribution is 2.24. The third kappa shape index (κ3) is 1.60. The van der Waals surface area contributed by atoms with Crippen molar-refractivity contribution in [3.8, 4) is 0 Å². The topological polar surface area (TPSA) is 21.5 Å². The molecule has 2 aromatic heterocycles. The number of benzene rings is 2. The first kappa shape index (κ1) is 13.0. The summed E-state index contributed by atoms with van der Waals surface area (Å²) in [4.78, 5) is 16.6. The standard InChI is InChI=1S/C17H9Br2NO/c18-8-14-12-7-3-6-11-10-4-1-2-5-13(10)17(21)20(16(11)12)15(14)9-19/h1-9H. The quantitative estimate of drug-likeness (QED) is 0.413. The molecule has 0 aliphatic rings. The lowest BCUT2D eigenvalue weighted by Crippen LogP contribution is -2.31. The second kappa shape index (κ2) is 4.68. The summed E-state index contributed by atoms with van der Waals surface area (Å²) in [6.07, 6.45) is 0. The van der Waals surface area contributed by atoms with E-state index in [-0.39, 0.29) is 5.56 Å². The number of para-hydroxylation sites is 1. The first-order chi connectivity index (χ1) is 10.3. The SMILES string of the molecule is O=c1c2ccccc2c2cccc3c(=CBr)c(=CBr)n1c32. The Morgan fingerprint density at radius 3 is 2.19 bits per heavy atom. The molecule has 2 heterocycles. The number of halogens is 2. The van der Waals surface area contributed by atoms with Gasteiger partial charge < -0.3 is 0 Å². The van der Waals surface area contributed by atoms with Crippen LogP contribution in [0.3, 0.4) is 0 Å². The van der Waals surface area contributed by atoms with E-state index < -0.39 is 0 Å². The van der Waals surface area contributed by atoms with Crippen molar-refractivity contribution in [2.24, 2.45) is 0 Å². The molecule has 4 rings (SSSR count). The van der Waals surface area contributed by atoms with Gasteiger partial charge in [0.25, 0.3) is 5.56 Å². The van der Waals surface area contributed by atoms with Crippen LogP contribution in [-0.2, 0) is 0 Å². The molecule has 0 N–H and O–H groups in total. The van der Waals surface area contributed by atoms with Crippen molar-refractivity contribution < 1.29 is 0 Å². The van der Waals surface area contributed by atoms with Crippen LogP contribution in [0.4, 0.5) is 0 Å². The van der Waals surface area contributed by atoms with Crippen LogP contribution in [0.1, 0.15) is 0 Å². The van der Waals surface area contributed by atoms with Crippen LogP contribution in [0, 0.1) is 0 Å². The summed E-state index contributed by atoms with van der Waals surface area (Å²) in [6.45, 7) is 0. The fourth-order valence-electron chi connectivity index (χ4n) is 3.06. The number of fused-ring (bicyclic) bond motifs is 2. The Hall–Kier alpha value is -1.65. The molecule has 0 aliphatic carbocycles. The van der Waals surface area contributed by atoms with E-state index in [1.165, 1.54) is 0 Å². The van der Waals surface area contributed by atoms with Gasteiger partial charge in [-0.3, -0.25) is 9.20 Å². The molecule has 2 aromatic carbocycles. The highest BCUT2D eigenvalue weighted by atomic mass is 79.9. The van der Waals surface area contributed by atoms with Crippen molar-refractivity contribution in [1.82, 2.24) is 4.40 Å². The predicted molar refractivity (Wildman–Crippen MR) is 95.9 cm³/mol. The fraction of sp³-hybridized carbons (Fsp3) is 0. The van der Waals surface area contributed by atoms with Gasteiger partial charge in [0.1, 0.15) is 0 Å². The average molecular weight is 403 g/mol. The maximum absolute atomic E-state index is 12.9. The molecule has 0 spiro atoms. The van der Waals surface area contributed by atoms with Crippen LogP contribution in [-0.4, -0.2) is 4.40 Å². The third-order valence-corrected chi connectivity index (χ3v) is 4.82. The van der Waals surface area contributed by atoms with E-state index in [2.05, 4.69) is 37.9 Å². The molecule has 0 fully saturated rings. The smallest absolute Gasteiger partial charge is 0.263 e. The number of hydrogen-bond donors (Lipinski definition) is 0. The fourth-order valence-corrected chi connectivity index (χ4v) is 3.99. The van der Waals surface area contributed by atoms with E-state index in [0.717, 1.165) is 37.6 Å².